The fourth-order valence-electron chi connectivity index (χ4n) is 3.24. The number of benzene rings is 1. The maximum absolute atomic E-state index is 3.68. The Hall–Kier alpha value is -1.02. The van der Waals surface area contributed by atoms with E-state index in [4.69, 9.17) is 0 Å². The second kappa shape index (κ2) is 5.96. The van der Waals surface area contributed by atoms with E-state index in [1.165, 1.54) is 56.4 Å². The Kier molecular flexibility index (Phi) is 4.07. The van der Waals surface area contributed by atoms with Crippen molar-refractivity contribution < 1.29 is 0 Å². The van der Waals surface area contributed by atoms with Crippen LogP contribution < -0.4 is 10.2 Å². The van der Waals surface area contributed by atoms with Crippen molar-refractivity contribution in [1.29, 1.82) is 0 Å². The van der Waals surface area contributed by atoms with Crippen molar-refractivity contribution in [2.75, 3.05) is 18.0 Å². The molecule has 104 valence electrons. The predicted octanol–water partition coefficient (Wildman–Crippen LogP) is 3.57. The van der Waals surface area contributed by atoms with Crippen molar-refractivity contribution in [2.24, 2.45) is 5.92 Å². The first kappa shape index (κ1) is 13.0. The zero-order valence-corrected chi connectivity index (χ0v) is 12.1. The molecule has 1 aromatic carbocycles. The van der Waals surface area contributed by atoms with Crippen LogP contribution in [0.4, 0.5) is 5.69 Å². The van der Waals surface area contributed by atoms with Crippen molar-refractivity contribution in [3.05, 3.63) is 29.8 Å². The standard InChI is InChI=1S/C17H26N2/c1-2-5-15-12-17(15)18-13-14-6-8-16(9-7-14)19-10-3-4-11-19/h6-9,15,17-18H,2-5,10-13H2,1H3. The Bertz CT molecular complexity index is 392. The van der Waals surface area contributed by atoms with Gasteiger partial charge in [-0.1, -0.05) is 25.5 Å². The van der Waals surface area contributed by atoms with Gasteiger partial charge in [-0.05, 0) is 49.3 Å². The first-order valence-electron chi connectivity index (χ1n) is 7.94. The van der Waals surface area contributed by atoms with E-state index in [2.05, 4.69) is 41.4 Å². The summed E-state index contributed by atoms with van der Waals surface area (Å²) in [6.07, 6.45) is 6.81. The van der Waals surface area contributed by atoms with Crippen LogP contribution in [-0.4, -0.2) is 19.1 Å². The smallest absolute Gasteiger partial charge is 0.0366 e. The molecule has 19 heavy (non-hydrogen) atoms. The Morgan fingerprint density at radius 3 is 2.58 bits per heavy atom. The molecule has 0 bridgehead atoms. The fourth-order valence-corrected chi connectivity index (χ4v) is 3.24. The normalized spacial score (nSPS) is 25.8. The third-order valence-corrected chi connectivity index (χ3v) is 4.56. The molecule has 2 unspecified atom stereocenters. The Balaban J connectivity index is 1.47. The van der Waals surface area contributed by atoms with Crippen LogP contribution in [-0.2, 0) is 6.54 Å². The Labute approximate surface area is 117 Å². The molecule has 1 aliphatic carbocycles. The molecule has 0 amide bonds. The summed E-state index contributed by atoms with van der Waals surface area (Å²) >= 11 is 0. The van der Waals surface area contributed by atoms with E-state index in [9.17, 15) is 0 Å². The zero-order valence-electron chi connectivity index (χ0n) is 12.1. The monoisotopic (exact) mass is 258 g/mol. The molecule has 1 aromatic rings. The number of nitrogens with one attached hydrogen (secondary N) is 1. The second-order valence-corrected chi connectivity index (χ2v) is 6.13. The van der Waals surface area contributed by atoms with Gasteiger partial charge in [-0.25, -0.2) is 0 Å². The van der Waals surface area contributed by atoms with E-state index >= 15 is 0 Å². The van der Waals surface area contributed by atoms with Gasteiger partial charge in [0.05, 0.1) is 0 Å². The van der Waals surface area contributed by atoms with Gasteiger partial charge >= 0.3 is 0 Å². The molecule has 0 aromatic heterocycles. The first-order chi connectivity index (χ1) is 9.36. The second-order valence-electron chi connectivity index (χ2n) is 6.13. The molecule has 1 heterocycles. The molecule has 1 saturated heterocycles. The van der Waals surface area contributed by atoms with Crippen molar-refractivity contribution in [1.82, 2.24) is 5.32 Å². The highest BCUT2D eigenvalue weighted by molar-refractivity contribution is 5.48. The van der Waals surface area contributed by atoms with Crippen LogP contribution in [0.1, 0.15) is 44.6 Å². The maximum atomic E-state index is 3.68. The molecule has 2 fully saturated rings. The van der Waals surface area contributed by atoms with Crippen LogP contribution in [0.3, 0.4) is 0 Å². The fraction of sp³-hybridized carbons (Fsp3) is 0.647. The SMILES string of the molecule is CCCC1CC1NCc1ccc(N2CCCC2)cc1. The molecule has 2 atom stereocenters. The summed E-state index contributed by atoms with van der Waals surface area (Å²) in [4.78, 5) is 2.50. The number of hydrogen-bond acceptors (Lipinski definition) is 2. The number of anilines is 1. The van der Waals surface area contributed by atoms with E-state index in [-0.39, 0.29) is 0 Å². The average Bonchev–Trinajstić information content (AvgIpc) is 2.96. The maximum Gasteiger partial charge on any atom is 0.0366 e. The summed E-state index contributed by atoms with van der Waals surface area (Å²) in [5, 5.41) is 3.68. The van der Waals surface area contributed by atoms with E-state index < -0.39 is 0 Å². The molecule has 2 aliphatic rings. The van der Waals surface area contributed by atoms with Gasteiger partial charge in [0.15, 0.2) is 0 Å². The highest BCUT2D eigenvalue weighted by Gasteiger charge is 2.35. The lowest BCUT2D eigenvalue weighted by Gasteiger charge is -2.17. The van der Waals surface area contributed by atoms with Crippen LogP contribution in [0.25, 0.3) is 0 Å². The van der Waals surface area contributed by atoms with Gasteiger partial charge < -0.3 is 10.2 Å². The average molecular weight is 258 g/mol. The van der Waals surface area contributed by atoms with Crippen molar-refractivity contribution in [3.63, 3.8) is 0 Å². The number of hydrogen-bond donors (Lipinski definition) is 1. The minimum atomic E-state index is 0.790. The molecule has 2 heteroatoms. The Morgan fingerprint density at radius 1 is 1.16 bits per heavy atom. The molecular formula is C17H26N2. The number of nitrogens with zero attached hydrogens (tertiary/aromatic N) is 1. The third-order valence-electron chi connectivity index (χ3n) is 4.56. The van der Waals surface area contributed by atoms with Gasteiger partial charge in [0.2, 0.25) is 0 Å². The van der Waals surface area contributed by atoms with Gasteiger partial charge in [-0.3, -0.25) is 0 Å². The summed E-state index contributed by atoms with van der Waals surface area (Å²) in [7, 11) is 0. The van der Waals surface area contributed by atoms with Crippen LogP contribution in [0.15, 0.2) is 24.3 Å². The summed E-state index contributed by atoms with van der Waals surface area (Å²) in [5.74, 6) is 0.953. The predicted molar refractivity (Wildman–Crippen MR) is 81.5 cm³/mol. The van der Waals surface area contributed by atoms with Gasteiger partial charge in [0.1, 0.15) is 0 Å². The third kappa shape index (κ3) is 3.30. The molecule has 1 aliphatic heterocycles. The first-order valence-corrected chi connectivity index (χ1v) is 7.94. The number of rotatable bonds is 6. The molecular weight excluding hydrogens is 232 g/mol. The van der Waals surface area contributed by atoms with Gasteiger partial charge in [0.25, 0.3) is 0 Å². The summed E-state index contributed by atoms with van der Waals surface area (Å²) < 4.78 is 0. The molecule has 0 spiro atoms. The minimum absolute atomic E-state index is 0.790. The highest BCUT2D eigenvalue weighted by atomic mass is 15.1. The topological polar surface area (TPSA) is 15.3 Å². The lowest BCUT2D eigenvalue weighted by atomic mass is 10.2. The van der Waals surface area contributed by atoms with Gasteiger partial charge in [-0.15, -0.1) is 0 Å². The lowest BCUT2D eigenvalue weighted by Crippen LogP contribution is -2.19. The van der Waals surface area contributed by atoms with Crippen LogP contribution >= 0.6 is 0 Å². The van der Waals surface area contributed by atoms with Crippen molar-refractivity contribution in [3.8, 4) is 0 Å². The summed E-state index contributed by atoms with van der Waals surface area (Å²) in [5.41, 5.74) is 2.82. The van der Waals surface area contributed by atoms with E-state index in [1.54, 1.807) is 0 Å². The summed E-state index contributed by atoms with van der Waals surface area (Å²) in [6, 6.07) is 9.95. The molecule has 1 N–H and O–H groups in total. The van der Waals surface area contributed by atoms with E-state index in [0.717, 1.165) is 18.5 Å². The quantitative estimate of drug-likeness (QED) is 0.839. The van der Waals surface area contributed by atoms with E-state index in [0.29, 0.717) is 0 Å². The van der Waals surface area contributed by atoms with Crippen molar-refractivity contribution in [2.45, 2.75) is 51.6 Å². The molecule has 2 nitrogen and oxygen atoms in total. The zero-order chi connectivity index (χ0) is 13.1. The lowest BCUT2D eigenvalue weighted by molar-refractivity contribution is 0.599. The highest BCUT2D eigenvalue weighted by Crippen LogP contribution is 2.34. The molecule has 3 rings (SSSR count). The Morgan fingerprint density at radius 2 is 1.89 bits per heavy atom. The van der Waals surface area contributed by atoms with Crippen molar-refractivity contribution >= 4 is 5.69 Å². The van der Waals surface area contributed by atoms with Crippen LogP contribution in [0, 0.1) is 5.92 Å². The van der Waals surface area contributed by atoms with Crippen LogP contribution in [0.5, 0.6) is 0 Å². The van der Waals surface area contributed by atoms with Gasteiger partial charge in [-0.2, -0.15) is 0 Å². The van der Waals surface area contributed by atoms with Gasteiger partial charge in [0, 0.05) is 31.4 Å². The summed E-state index contributed by atoms with van der Waals surface area (Å²) in [6.45, 7) is 5.79. The molecule has 0 radical (unpaired) electrons. The molecule has 1 saturated carbocycles. The largest absolute Gasteiger partial charge is 0.372 e. The minimum Gasteiger partial charge on any atom is -0.372 e. The van der Waals surface area contributed by atoms with E-state index in [1.807, 2.05) is 0 Å². The van der Waals surface area contributed by atoms with Crippen LogP contribution in [0.2, 0.25) is 0 Å².